The molecule has 7 nitrogen and oxygen atoms in total. The molecule has 0 spiro atoms. The van der Waals surface area contributed by atoms with E-state index in [1.165, 1.54) is 7.11 Å². The van der Waals surface area contributed by atoms with E-state index in [0.29, 0.717) is 18.7 Å². The van der Waals surface area contributed by atoms with Crippen LogP contribution in [0.1, 0.15) is 41.0 Å². The molecule has 0 radical (unpaired) electrons. The average molecular weight is 351 g/mol. The van der Waals surface area contributed by atoms with Crippen LogP contribution in [0.25, 0.3) is 0 Å². The molecule has 7 heteroatoms. The molecule has 0 aliphatic heterocycles. The standard InChI is InChI=1S/C18H29N3O4/c1-17(2,3)25-16(23)21-18(4,5)11-12-19-13-7-9-14(10-8-13)20-15(22)24-6/h7-10,19H,11-12H2,1-6H3,(H,20,22)(H,21,23). The summed E-state index contributed by atoms with van der Waals surface area (Å²) in [6.45, 7) is 10.1. The minimum atomic E-state index is -0.515. The molecule has 1 aromatic rings. The number of alkyl carbamates (subject to hydrolysis) is 1. The van der Waals surface area contributed by atoms with Crippen molar-refractivity contribution in [2.75, 3.05) is 24.3 Å². The van der Waals surface area contributed by atoms with Gasteiger partial charge in [0, 0.05) is 23.5 Å². The summed E-state index contributed by atoms with van der Waals surface area (Å²) in [5.41, 5.74) is 0.660. The highest BCUT2D eigenvalue weighted by atomic mass is 16.6. The number of ether oxygens (including phenoxy) is 2. The Bertz CT molecular complexity index is 577. The third-order valence-electron chi connectivity index (χ3n) is 3.24. The molecule has 0 atom stereocenters. The maximum absolute atomic E-state index is 11.9. The van der Waals surface area contributed by atoms with E-state index in [9.17, 15) is 9.59 Å². The molecule has 0 unspecified atom stereocenters. The maximum atomic E-state index is 11.9. The fourth-order valence-corrected chi connectivity index (χ4v) is 2.00. The van der Waals surface area contributed by atoms with E-state index in [1.807, 2.05) is 46.8 Å². The first-order valence-electron chi connectivity index (χ1n) is 8.21. The number of carbonyl (C=O) groups excluding carboxylic acids is 2. The Labute approximate surface area is 149 Å². The van der Waals surface area contributed by atoms with Gasteiger partial charge in [-0.25, -0.2) is 9.59 Å². The van der Waals surface area contributed by atoms with Crippen LogP contribution in [0.2, 0.25) is 0 Å². The summed E-state index contributed by atoms with van der Waals surface area (Å²) >= 11 is 0. The Morgan fingerprint density at radius 1 is 0.960 bits per heavy atom. The highest BCUT2D eigenvalue weighted by Crippen LogP contribution is 2.16. The summed E-state index contributed by atoms with van der Waals surface area (Å²) < 4.78 is 9.82. The zero-order valence-corrected chi connectivity index (χ0v) is 15.9. The van der Waals surface area contributed by atoms with Crippen LogP contribution < -0.4 is 16.0 Å². The number of nitrogens with one attached hydrogen (secondary N) is 3. The topological polar surface area (TPSA) is 88.7 Å². The average Bonchev–Trinajstić information content (AvgIpc) is 2.46. The van der Waals surface area contributed by atoms with Crippen molar-refractivity contribution in [1.29, 1.82) is 0 Å². The second-order valence-electron chi connectivity index (χ2n) is 7.38. The first-order valence-corrected chi connectivity index (χ1v) is 8.21. The minimum absolute atomic E-state index is 0.401. The van der Waals surface area contributed by atoms with E-state index in [-0.39, 0.29) is 0 Å². The van der Waals surface area contributed by atoms with Crippen molar-refractivity contribution in [2.24, 2.45) is 0 Å². The molecular weight excluding hydrogens is 322 g/mol. The molecule has 0 saturated carbocycles. The number of rotatable bonds is 6. The Morgan fingerprint density at radius 3 is 2.04 bits per heavy atom. The maximum Gasteiger partial charge on any atom is 0.411 e. The van der Waals surface area contributed by atoms with Gasteiger partial charge in [0.25, 0.3) is 0 Å². The third-order valence-corrected chi connectivity index (χ3v) is 3.24. The van der Waals surface area contributed by atoms with E-state index < -0.39 is 23.3 Å². The molecule has 1 rings (SSSR count). The molecule has 140 valence electrons. The van der Waals surface area contributed by atoms with Gasteiger partial charge in [0.15, 0.2) is 0 Å². The molecule has 0 fully saturated rings. The van der Waals surface area contributed by atoms with Crippen LogP contribution in [-0.4, -0.2) is 37.0 Å². The molecule has 0 aromatic heterocycles. The lowest BCUT2D eigenvalue weighted by Gasteiger charge is -2.28. The van der Waals surface area contributed by atoms with Gasteiger partial charge in [0.1, 0.15) is 5.60 Å². The van der Waals surface area contributed by atoms with Gasteiger partial charge in [-0.05, 0) is 65.3 Å². The predicted octanol–water partition coefficient (Wildman–Crippen LogP) is 3.97. The first-order chi connectivity index (χ1) is 11.5. The lowest BCUT2D eigenvalue weighted by molar-refractivity contribution is 0.0469. The van der Waals surface area contributed by atoms with E-state index in [0.717, 1.165) is 5.69 Å². The van der Waals surface area contributed by atoms with Crippen LogP contribution >= 0.6 is 0 Å². The number of carbonyl (C=O) groups is 2. The molecule has 2 amide bonds. The summed E-state index contributed by atoms with van der Waals surface area (Å²) in [4.78, 5) is 23.0. The predicted molar refractivity (Wildman–Crippen MR) is 99.0 cm³/mol. The van der Waals surface area contributed by atoms with Gasteiger partial charge in [-0.2, -0.15) is 0 Å². The second kappa shape index (κ2) is 8.60. The molecule has 1 aromatic carbocycles. The molecule has 0 aliphatic carbocycles. The number of amides is 2. The van der Waals surface area contributed by atoms with E-state index in [1.54, 1.807) is 12.1 Å². The number of hydrogen-bond acceptors (Lipinski definition) is 5. The summed E-state index contributed by atoms with van der Waals surface area (Å²) in [6, 6.07) is 7.28. The van der Waals surface area contributed by atoms with E-state index in [4.69, 9.17) is 4.74 Å². The Kier molecular flexibility index (Phi) is 7.09. The van der Waals surface area contributed by atoms with Gasteiger partial charge >= 0.3 is 12.2 Å². The van der Waals surface area contributed by atoms with Crippen LogP contribution in [0, 0.1) is 0 Å². The fourth-order valence-electron chi connectivity index (χ4n) is 2.00. The van der Waals surface area contributed by atoms with Crippen LogP contribution in [0.3, 0.4) is 0 Å². The molecule has 0 bridgehead atoms. The Morgan fingerprint density at radius 2 is 1.52 bits per heavy atom. The van der Waals surface area contributed by atoms with Crippen molar-refractivity contribution in [3.63, 3.8) is 0 Å². The first kappa shape index (κ1) is 20.6. The molecular formula is C18H29N3O4. The van der Waals surface area contributed by atoms with Crippen molar-refractivity contribution in [3.05, 3.63) is 24.3 Å². The van der Waals surface area contributed by atoms with Crippen molar-refractivity contribution in [2.45, 2.75) is 52.2 Å². The summed E-state index contributed by atoms with van der Waals surface area (Å²) in [7, 11) is 1.32. The zero-order valence-electron chi connectivity index (χ0n) is 15.9. The fraction of sp³-hybridized carbons (Fsp3) is 0.556. The molecule has 0 saturated heterocycles. The smallest absolute Gasteiger partial charge is 0.411 e. The second-order valence-corrected chi connectivity index (χ2v) is 7.38. The summed E-state index contributed by atoms with van der Waals surface area (Å²) in [6.07, 6.45) is -0.208. The normalized spacial score (nSPS) is 11.4. The largest absolute Gasteiger partial charge is 0.453 e. The van der Waals surface area contributed by atoms with Gasteiger partial charge in [-0.15, -0.1) is 0 Å². The van der Waals surface area contributed by atoms with Crippen molar-refractivity contribution < 1.29 is 19.1 Å². The quantitative estimate of drug-likeness (QED) is 0.722. The van der Waals surface area contributed by atoms with E-state index in [2.05, 4.69) is 20.7 Å². The third kappa shape index (κ3) is 8.83. The van der Waals surface area contributed by atoms with Gasteiger partial charge in [-0.1, -0.05) is 0 Å². The number of benzene rings is 1. The van der Waals surface area contributed by atoms with Gasteiger partial charge < -0.3 is 20.1 Å². The summed E-state index contributed by atoms with van der Waals surface area (Å²) in [5.74, 6) is 0. The zero-order chi connectivity index (χ0) is 19.1. The number of methoxy groups -OCH3 is 1. The highest BCUT2D eigenvalue weighted by molar-refractivity contribution is 5.84. The number of hydrogen-bond donors (Lipinski definition) is 3. The van der Waals surface area contributed by atoms with Crippen molar-refractivity contribution in [1.82, 2.24) is 5.32 Å². The Balaban J connectivity index is 2.42. The lowest BCUT2D eigenvalue weighted by atomic mass is 10.0. The molecule has 3 N–H and O–H groups in total. The van der Waals surface area contributed by atoms with Crippen LogP contribution in [0.4, 0.5) is 21.0 Å². The summed E-state index contributed by atoms with van der Waals surface area (Å²) in [5, 5.41) is 8.74. The Hall–Kier alpha value is -2.44. The lowest BCUT2D eigenvalue weighted by Crippen LogP contribution is -2.46. The molecule has 0 heterocycles. The van der Waals surface area contributed by atoms with Gasteiger partial charge in [-0.3, -0.25) is 5.32 Å². The molecule has 0 aliphatic rings. The SMILES string of the molecule is COC(=O)Nc1ccc(NCCC(C)(C)NC(=O)OC(C)(C)C)cc1. The van der Waals surface area contributed by atoms with Gasteiger partial charge in [0.05, 0.1) is 7.11 Å². The van der Waals surface area contributed by atoms with Crippen LogP contribution in [0.15, 0.2) is 24.3 Å². The van der Waals surface area contributed by atoms with Crippen molar-refractivity contribution in [3.8, 4) is 0 Å². The van der Waals surface area contributed by atoms with Crippen LogP contribution in [-0.2, 0) is 9.47 Å². The minimum Gasteiger partial charge on any atom is -0.453 e. The van der Waals surface area contributed by atoms with Gasteiger partial charge in [0.2, 0.25) is 0 Å². The van der Waals surface area contributed by atoms with E-state index >= 15 is 0 Å². The highest BCUT2D eigenvalue weighted by Gasteiger charge is 2.24. The number of anilines is 2. The monoisotopic (exact) mass is 351 g/mol. The molecule has 25 heavy (non-hydrogen) atoms. The van der Waals surface area contributed by atoms with Crippen LogP contribution in [0.5, 0.6) is 0 Å². The van der Waals surface area contributed by atoms with Crippen molar-refractivity contribution >= 4 is 23.6 Å².